The minimum absolute atomic E-state index is 0.179. The molecule has 0 atom stereocenters. The van der Waals surface area contributed by atoms with E-state index in [0.29, 0.717) is 29.5 Å². The van der Waals surface area contributed by atoms with E-state index < -0.39 is 0 Å². The summed E-state index contributed by atoms with van der Waals surface area (Å²) in [6, 6.07) is 13.6. The third-order valence-electron chi connectivity index (χ3n) is 3.47. The number of methoxy groups -OCH3 is 1. The molecule has 0 fully saturated rings. The molecule has 0 amide bonds. The third kappa shape index (κ3) is 5.03. The van der Waals surface area contributed by atoms with Crippen LogP contribution in [-0.2, 0) is 11.2 Å². The topological polar surface area (TPSA) is 48.4 Å². The molecule has 2 aromatic carbocycles. The minimum Gasteiger partial charge on any atom is -0.493 e. The Bertz CT molecular complexity index is 809. The second-order valence-corrected chi connectivity index (χ2v) is 6.23. The number of benzene rings is 2. The Morgan fingerprint density at radius 2 is 1.88 bits per heavy atom. The predicted octanol–water partition coefficient (Wildman–Crippen LogP) is 5.65. The largest absolute Gasteiger partial charge is 0.493 e. The van der Waals surface area contributed by atoms with Crippen LogP contribution < -0.4 is 9.47 Å². The molecular formula is C20H23NO3S. The zero-order chi connectivity index (χ0) is 18.2. The highest BCUT2D eigenvalue weighted by molar-refractivity contribution is 7.20. The van der Waals surface area contributed by atoms with Gasteiger partial charge in [0.05, 0.1) is 17.3 Å². The lowest BCUT2D eigenvalue weighted by atomic mass is 10.1. The highest BCUT2D eigenvalue weighted by atomic mass is 32.1. The number of nitrogens with zero attached hydrogens (tertiary/aromatic N) is 1. The molecule has 0 saturated carbocycles. The molecule has 0 aliphatic rings. The van der Waals surface area contributed by atoms with Gasteiger partial charge in [0.15, 0.2) is 11.5 Å². The maximum Gasteiger partial charge on any atom is 0.279 e. The number of ketones is 1. The van der Waals surface area contributed by atoms with Crippen molar-refractivity contribution in [2.45, 2.75) is 33.6 Å². The number of thiazole rings is 1. The molecule has 1 aromatic heterocycles. The number of hydrogen-bond donors (Lipinski definition) is 0. The fourth-order valence-electron chi connectivity index (χ4n) is 2.26. The molecule has 25 heavy (non-hydrogen) atoms. The lowest BCUT2D eigenvalue weighted by molar-refractivity contribution is -0.116. The van der Waals surface area contributed by atoms with Gasteiger partial charge in [-0.2, -0.15) is 0 Å². The Kier molecular flexibility index (Phi) is 6.95. The Hall–Kier alpha value is -2.40. The highest BCUT2D eigenvalue weighted by Gasteiger charge is 2.11. The maximum absolute atomic E-state index is 11.1. The van der Waals surface area contributed by atoms with Gasteiger partial charge in [-0.25, -0.2) is 4.98 Å². The first-order chi connectivity index (χ1) is 12.2. The van der Waals surface area contributed by atoms with Gasteiger partial charge in [-0.15, -0.1) is 0 Å². The number of carbonyl (C=O) groups excluding carboxylic acids is 1. The quantitative estimate of drug-likeness (QED) is 0.572. The van der Waals surface area contributed by atoms with Crippen LogP contribution in [0.3, 0.4) is 0 Å². The smallest absolute Gasteiger partial charge is 0.279 e. The fourth-order valence-corrected chi connectivity index (χ4v) is 3.09. The predicted molar refractivity (Wildman–Crippen MR) is 103 cm³/mol. The van der Waals surface area contributed by atoms with Crippen LogP contribution in [0.4, 0.5) is 0 Å². The van der Waals surface area contributed by atoms with Gasteiger partial charge in [-0.1, -0.05) is 43.4 Å². The molecule has 0 saturated heterocycles. The molecule has 0 unspecified atom stereocenters. The van der Waals surface area contributed by atoms with Crippen LogP contribution >= 0.6 is 11.3 Å². The summed E-state index contributed by atoms with van der Waals surface area (Å²) in [4.78, 5) is 15.6. The van der Waals surface area contributed by atoms with Crippen LogP contribution in [-0.4, -0.2) is 17.9 Å². The van der Waals surface area contributed by atoms with E-state index in [2.05, 4.69) is 4.98 Å². The van der Waals surface area contributed by atoms with Crippen LogP contribution in [0.15, 0.2) is 42.5 Å². The van der Waals surface area contributed by atoms with Crippen molar-refractivity contribution >= 4 is 27.3 Å². The van der Waals surface area contributed by atoms with Crippen molar-refractivity contribution in [3.05, 3.63) is 48.0 Å². The van der Waals surface area contributed by atoms with E-state index in [9.17, 15) is 4.79 Å². The van der Waals surface area contributed by atoms with Gasteiger partial charge in [-0.05, 0) is 43.2 Å². The summed E-state index contributed by atoms with van der Waals surface area (Å²) in [5.74, 6) is 1.45. The van der Waals surface area contributed by atoms with Crippen LogP contribution in [0.1, 0.15) is 32.8 Å². The average molecular weight is 357 g/mol. The van der Waals surface area contributed by atoms with Crippen LogP contribution in [0.5, 0.6) is 16.7 Å². The van der Waals surface area contributed by atoms with Gasteiger partial charge in [0, 0.05) is 6.42 Å². The van der Waals surface area contributed by atoms with E-state index in [1.54, 1.807) is 14.0 Å². The molecule has 3 aromatic rings. The number of rotatable bonds is 6. The maximum atomic E-state index is 11.1. The zero-order valence-electron chi connectivity index (χ0n) is 15.0. The minimum atomic E-state index is 0.179. The van der Waals surface area contributed by atoms with Crippen molar-refractivity contribution in [2.75, 3.05) is 7.11 Å². The monoisotopic (exact) mass is 357 g/mol. The first kappa shape index (κ1) is 18.9. The van der Waals surface area contributed by atoms with Crippen LogP contribution in [0, 0.1) is 0 Å². The molecule has 1 heterocycles. The van der Waals surface area contributed by atoms with Crippen molar-refractivity contribution in [3.8, 4) is 16.7 Å². The summed E-state index contributed by atoms with van der Waals surface area (Å²) in [7, 11) is 1.61. The lowest BCUT2D eigenvalue weighted by Crippen LogP contribution is -1.96. The van der Waals surface area contributed by atoms with E-state index in [4.69, 9.17) is 9.47 Å². The molecule has 0 radical (unpaired) electrons. The Morgan fingerprint density at radius 3 is 2.56 bits per heavy atom. The number of hydrogen-bond acceptors (Lipinski definition) is 5. The summed E-state index contributed by atoms with van der Waals surface area (Å²) < 4.78 is 12.4. The van der Waals surface area contributed by atoms with E-state index >= 15 is 0 Å². The lowest BCUT2D eigenvalue weighted by Gasteiger charge is -2.10. The normalized spacial score (nSPS) is 10.1. The van der Waals surface area contributed by atoms with Gasteiger partial charge in [-0.3, -0.25) is 0 Å². The first-order valence-corrected chi connectivity index (χ1v) is 9.17. The average Bonchev–Trinajstić information content (AvgIpc) is 3.04. The summed E-state index contributed by atoms with van der Waals surface area (Å²) in [6.07, 6.45) is 1.23. The number of carbonyl (C=O) groups is 1. The van der Waals surface area contributed by atoms with Gasteiger partial charge in [0.1, 0.15) is 5.78 Å². The number of ether oxygens (including phenoxy) is 2. The highest BCUT2D eigenvalue weighted by Crippen LogP contribution is 2.36. The first-order valence-electron chi connectivity index (χ1n) is 8.35. The molecule has 0 aliphatic carbocycles. The number of fused-ring (bicyclic) bond motifs is 1. The molecule has 0 aliphatic heterocycles. The van der Waals surface area contributed by atoms with Crippen molar-refractivity contribution < 1.29 is 14.3 Å². The van der Waals surface area contributed by atoms with Crippen molar-refractivity contribution in [1.82, 2.24) is 4.98 Å². The second-order valence-electron chi connectivity index (χ2n) is 5.24. The Balaban J connectivity index is 0.00000109. The Morgan fingerprint density at radius 1 is 1.12 bits per heavy atom. The summed E-state index contributed by atoms with van der Waals surface area (Å²) in [6.45, 7) is 5.60. The van der Waals surface area contributed by atoms with E-state index in [0.717, 1.165) is 15.8 Å². The van der Waals surface area contributed by atoms with Gasteiger partial charge >= 0.3 is 0 Å². The van der Waals surface area contributed by atoms with E-state index in [1.165, 1.54) is 11.3 Å². The van der Waals surface area contributed by atoms with Crippen LogP contribution in [0.25, 0.3) is 10.2 Å². The molecule has 4 nitrogen and oxygen atoms in total. The van der Waals surface area contributed by atoms with E-state index in [1.807, 2.05) is 56.3 Å². The Labute approximate surface area is 152 Å². The molecule has 132 valence electrons. The van der Waals surface area contributed by atoms with Crippen molar-refractivity contribution in [2.24, 2.45) is 0 Å². The molecule has 5 heteroatoms. The molecular weight excluding hydrogens is 334 g/mol. The summed E-state index contributed by atoms with van der Waals surface area (Å²) >= 11 is 1.50. The van der Waals surface area contributed by atoms with Gasteiger partial charge in [0.2, 0.25) is 0 Å². The van der Waals surface area contributed by atoms with Crippen molar-refractivity contribution in [1.29, 1.82) is 0 Å². The van der Waals surface area contributed by atoms with Crippen LogP contribution in [0.2, 0.25) is 0 Å². The molecule has 0 bridgehead atoms. The molecule has 0 N–H and O–H groups in total. The summed E-state index contributed by atoms with van der Waals surface area (Å²) in [5.41, 5.74) is 1.97. The zero-order valence-corrected chi connectivity index (χ0v) is 15.9. The SMILES string of the molecule is CC.COc1cc(CCC(C)=O)ccc1Oc1nc2ccccc2s1. The van der Waals surface area contributed by atoms with Crippen molar-refractivity contribution in [3.63, 3.8) is 0 Å². The fraction of sp³-hybridized carbons (Fsp3) is 0.300. The molecule has 3 rings (SSSR count). The third-order valence-corrected chi connectivity index (χ3v) is 4.38. The number of aryl methyl sites for hydroxylation is 1. The summed E-state index contributed by atoms with van der Waals surface area (Å²) in [5, 5.41) is 0.584. The number of para-hydroxylation sites is 1. The second kappa shape index (κ2) is 9.18. The number of Topliss-reactive ketones (excluding diaryl/α,β-unsaturated/α-hetero) is 1. The standard InChI is InChI=1S/C18H17NO3S.C2H6/c1-12(20)7-8-13-9-10-15(16(11-13)21-2)22-18-19-14-5-3-4-6-17(14)23-18;1-2/h3-6,9-11H,7-8H2,1-2H3;1-2H3. The van der Waals surface area contributed by atoms with E-state index in [-0.39, 0.29) is 5.78 Å². The molecule has 0 spiro atoms. The number of aromatic nitrogens is 1. The van der Waals surface area contributed by atoms with Gasteiger partial charge in [0.25, 0.3) is 5.19 Å². The van der Waals surface area contributed by atoms with Gasteiger partial charge < -0.3 is 14.3 Å².